The van der Waals surface area contributed by atoms with Gasteiger partial charge >= 0.3 is 0 Å². The number of aromatic nitrogens is 4. The average molecular weight is 394 g/mol. The van der Waals surface area contributed by atoms with Gasteiger partial charge in [0.05, 0.1) is 10.6 Å². The van der Waals surface area contributed by atoms with Crippen molar-refractivity contribution < 1.29 is 8.42 Å². The van der Waals surface area contributed by atoms with Crippen molar-refractivity contribution in [1.29, 1.82) is 0 Å². The second-order valence-corrected chi connectivity index (χ2v) is 7.41. The molecule has 0 unspecified atom stereocenters. The van der Waals surface area contributed by atoms with E-state index < -0.39 is 10.0 Å². The van der Waals surface area contributed by atoms with E-state index in [1.54, 1.807) is 30.3 Å². The lowest BCUT2D eigenvalue weighted by Gasteiger charge is -2.11. The standard InChI is InChI=1S/C14H12BrN5O2S/c1-10-8-12(4-7-14(10)20-9-16-18-19-20)17-23(21,22)13-5-2-11(15)3-6-13/h2-9,17H,1H3. The average Bonchev–Trinajstić information content (AvgIpc) is 3.01. The number of nitrogens with zero attached hydrogens (tertiary/aromatic N) is 4. The highest BCUT2D eigenvalue weighted by atomic mass is 79.9. The quantitative estimate of drug-likeness (QED) is 0.735. The van der Waals surface area contributed by atoms with E-state index in [0.717, 1.165) is 15.7 Å². The Balaban J connectivity index is 1.88. The van der Waals surface area contributed by atoms with Crippen LogP contribution in [0.25, 0.3) is 5.69 Å². The van der Waals surface area contributed by atoms with Gasteiger partial charge < -0.3 is 0 Å². The molecule has 0 saturated carbocycles. The van der Waals surface area contributed by atoms with Gasteiger partial charge in [-0.3, -0.25) is 4.72 Å². The molecule has 3 aromatic rings. The maximum Gasteiger partial charge on any atom is 0.261 e. The molecule has 0 aliphatic heterocycles. The van der Waals surface area contributed by atoms with Crippen LogP contribution >= 0.6 is 15.9 Å². The van der Waals surface area contributed by atoms with Crippen molar-refractivity contribution in [2.45, 2.75) is 11.8 Å². The zero-order valence-electron chi connectivity index (χ0n) is 12.0. The lowest BCUT2D eigenvalue weighted by atomic mass is 10.2. The highest BCUT2D eigenvalue weighted by Crippen LogP contribution is 2.22. The predicted molar refractivity (Wildman–Crippen MR) is 88.8 cm³/mol. The van der Waals surface area contributed by atoms with E-state index in [9.17, 15) is 8.42 Å². The second-order valence-electron chi connectivity index (χ2n) is 4.82. The smallest absolute Gasteiger partial charge is 0.261 e. The summed E-state index contributed by atoms with van der Waals surface area (Å²) in [6, 6.07) is 11.6. The van der Waals surface area contributed by atoms with Gasteiger partial charge in [-0.1, -0.05) is 15.9 Å². The summed E-state index contributed by atoms with van der Waals surface area (Å²) in [5.41, 5.74) is 2.09. The summed E-state index contributed by atoms with van der Waals surface area (Å²) in [4.78, 5) is 0.197. The molecule has 0 saturated heterocycles. The van der Waals surface area contributed by atoms with E-state index in [0.29, 0.717) is 5.69 Å². The fourth-order valence-electron chi connectivity index (χ4n) is 2.08. The molecular formula is C14H12BrN5O2S. The Morgan fingerprint density at radius 3 is 2.48 bits per heavy atom. The van der Waals surface area contributed by atoms with E-state index in [1.165, 1.54) is 23.1 Å². The minimum atomic E-state index is -3.63. The molecule has 0 radical (unpaired) electrons. The molecule has 1 N–H and O–H groups in total. The SMILES string of the molecule is Cc1cc(NS(=O)(=O)c2ccc(Br)cc2)ccc1-n1cnnn1. The fourth-order valence-corrected chi connectivity index (χ4v) is 3.39. The molecule has 0 fully saturated rings. The van der Waals surface area contributed by atoms with Crippen LogP contribution < -0.4 is 4.72 Å². The molecule has 7 nitrogen and oxygen atoms in total. The minimum absolute atomic E-state index is 0.197. The first-order valence-electron chi connectivity index (χ1n) is 6.58. The van der Waals surface area contributed by atoms with Crippen LogP contribution in [0.3, 0.4) is 0 Å². The summed E-state index contributed by atoms with van der Waals surface area (Å²) in [6.07, 6.45) is 1.48. The van der Waals surface area contributed by atoms with Gasteiger partial charge in [0.1, 0.15) is 6.33 Å². The molecular weight excluding hydrogens is 382 g/mol. The van der Waals surface area contributed by atoms with Gasteiger partial charge in [0.15, 0.2) is 0 Å². The number of sulfonamides is 1. The molecule has 23 heavy (non-hydrogen) atoms. The fraction of sp³-hybridized carbons (Fsp3) is 0.0714. The molecule has 118 valence electrons. The number of halogens is 1. The van der Waals surface area contributed by atoms with Crippen molar-refractivity contribution in [3.63, 3.8) is 0 Å². The maximum atomic E-state index is 12.4. The number of anilines is 1. The third kappa shape index (κ3) is 3.40. The van der Waals surface area contributed by atoms with Crippen LogP contribution in [0.15, 0.2) is 58.2 Å². The highest BCUT2D eigenvalue weighted by Gasteiger charge is 2.14. The molecule has 0 amide bonds. The van der Waals surface area contributed by atoms with Gasteiger partial charge in [0.2, 0.25) is 0 Å². The van der Waals surface area contributed by atoms with Crippen molar-refractivity contribution in [3.05, 3.63) is 58.8 Å². The molecule has 3 rings (SSSR count). The Morgan fingerprint density at radius 2 is 1.87 bits per heavy atom. The van der Waals surface area contributed by atoms with Crippen LogP contribution in [0.1, 0.15) is 5.56 Å². The zero-order valence-corrected chi connectivity index (χ0v) is 14.4. The Morgan fingerprint density at radius 1 is 1.13 bits per heavy atom. The number of rotatable bonds is 4. The van der Waals surface area contributed by atoms with Crippen LogP contribution in [0.5, 0.6) is 0 Å². The van der Waals surface area contributed by atoms with Crippen molar-refractivity contribution in [2.24, 2.45) is 0 Å². The normalized spacial score (nSPS) is 11.4. The summed E-state index contributed by atoms with van der Waals surface area (Å²) < 4.78 is 29.6. The van der Waals surface area contributed by atoms with Crippen LogP contribution in [0.2, 0.25) is 0 Å². The van der Waals surface area contributed by atoms with Crippen molar-refractivity contribution in [2.75, 3.05) is 4.72 Å². The van der Waals surface area contributed by atoms with Gasteiger partial charge in [-0.25, -0.2) is 13.1 Å². The molecule has 1 heterocycles. The second kappa shape index (κ2) is 6.09. The molecule has 0 aliphatic carbocycles. The van der Waals surface area contributed by atoms with Crippen molar-refractivity contribution >= 4 is 31.6 Å². The van der Waals surface area contributed by atoms with E-state index in [4.69, 9.17) is 0 Å². The van der Waals surface area contributed by atoms with E-state index in [-0.39, 0.29) is 4.90 Å². The first kappa shape index (κ1) is 15.6. The summed E-state index contributed by atoms with van der Waals surface area (Å²) >= 11 is 3.28. The van der Waals surface area contributed by atoms with Crippen molar-refractivity contribution in [1.82, 2.24) is 20.2 Å². The molecule has 0 atom stereocenters. The molecule has 2 aromatic carbocycles. The molecule has 0 aliphatic rings. The maximum absolute atomic E-state index is 12.4. The first-order chi connectivity index (χ1) is 11.0. The van der Waals surface area contributed by atoms with Crippen LogP contribution in [-0.2, 0) is 10.0 Å². The molecule has 0 spiro atoms. The Hall–Kier alpha value is -2.26. The molecule has 1 aromatic heterocycles. The first-order valence-corrected chi connectivity index (χ1v) is 8.86. The monoisotopic (exact) mass is 393 g/mol. The lowest BCUT2D eigenvalue weighted by molar-refractivity contribution is 0.601. The number of hydrogen-bond donors (Lipinski definition) is 1. The van der Waals surface area contributed by atoms with Gasteiger partial charge in [0.25, 0.3) is 10.0 Å². The summed E-state index contributed by atoms with van der Waals surface area (Å²) in [6.45, 7) is 1.86. The Labute approximate surface area is 141 Å². The van der Waals surface area contributed by atoms with Crippen LogP contribution in [0, 0.1) is 6.92 Å². The van der Waals surface area contributed by atoms with Crippen molar-refractivity contribution in [3.8, 4) is 5.69 Å². The number of nitrogens with one attached hydrogen (secondary N) is 1. The molecule has 0 bridgehead atoms. The third-order valence-electron chi connectivity index (χ3n) is 3.17. The van der Waals surface area contributed by atoms with Gasteiger partial charge in [-0.05, 0) is 65.4 Å². The van der Waals surface area contributed by atoms with E-state index >= 15 is 0 Å². The van der Waals surface area contributed by atoms with E-state index in [1.807, 2.05) is 6.92 Å². The Kier molecular flexibility index (Phi) is 4.14. The number of aryl methyl sites for hydroxylation is 1. The summed E-state index contributed by atoms with van der Waals surface area (Å²) in [5, 5.41) is 11.0. The van der Waals surface area contributed by atoms with Crippen LogP contribution in [-0.4, -0.2) is 28.6 Å². The lowest BCUT2D eigenvalue weighted by Crippen LogP contribution is -2.13. The Bertz CT molecular complexity index is 924. The number of hydrogen-bond acceptors (Lipinski definition) is 5. The van der Waals surface area contributed by atoms with Crippen LogP contribution in [0.4, 0.5) is 5.69 Å². The number of benzene rings is 2. The van der Waals surface area contributed by atoms with Gasteiger partial charge in [-0.2, -0.15) is 0 Å². The van der Waals surface area contributed by atoms with Gasteiger partial charge in [-0.15, -0.1) is 5.10 Å². The molecule has 9 heteroatoms. The van der Waals surface area contributed by atoms with Gasteiger partial charge in [0, 0.05) is 10.2 Å². The minimum Gasteiger partial charge on any atom is -0.280 e. The predicted octanol–water partition coefficient (Wildman–Crippen LogP) is 2.53. The summed E-state index contributed by atoms with van der Waals surface area (Å²) in [7, 11) is -3.63. The zero-order chi connectivity index (χ0) is 16.4. The number of tetrazole rings is 1. The highest BCUT2D eigenvalue weighted by molar-refractivity contribution is 9.10. The largest absolute Gasteiger partial charge is 0.280 e. The summed E-state index contributed by atoms with van der Waals surface area (Å²) in [5.74, 6) is 0. The topological polar surface area (TPSA) is 89.8 Å². The van der Waals surface area contributed by atoms with E-state index in [2.05, 4.69) is 36.2 Å². The third-order valence-corrected chi connectivity index (χ3v) is 5.09.